The fraction of sp³-hybridized carbons (Fsp3) is 0.385. The van der Waals surface area contributed by atoms with Crippen LogP contribution in [0.15, 0.2) is 52.6 Å². The second-order valence-corrected chi connectivity index (χ2v) is 8.96. The van der Waals surface area contributed by atoms with E-state index < -0.39 is 17.8 Å². The van der Waals surface area contributed by atoms with Crippen LogP contribution in [-0.4, -0.2) is 53.2 Å². The number of guanidine groups is 1. The van der Waals surface area contributed by atoms with E-state index in [4.69, 9.17) is 0 Å². The van der Waals surface area contributed by atoms with Gasteiger partial charge in [0.05, 0.1) is 23.9 Å². The lowest BCUT2D eigenvalue weighted by atomic mass is 10.0. The van der Waals surface area contributed by atoms with Gasteiger partial charge in [0.25, 0.3) is 0 Å². The highest BCUT2D eigenvalue weighted by molar-refractivity contribution is 6.08. The molecule has 10 heteroatoms. The normalized spacial score (nSPS) is 18.4. The molecule has 0 bridgehead atoms. The average Bonchev–Trinajstić information content (AvgIpc) is 3.46. The Morgan fingerprint density at radius 2 is 1.94 bits per heavy atom. The maximum Gasteiger partial charge on any atom is 0.416 e. The van der Waals surface area contributed by atoms with Crippen molar-refractivity contribution in [3.8, 4) is 6.19 Å². The molecule has 0 aromatic heterocycles. The summed E-state index contributed by atoms with van der Waals surface area (Å²) in [5.41, 5.74) is 3.72. The number of nitriles is 1. The van der Waals surface area contributed by atoms with Crippen LogP contribution in [0.2, 0.25) is 0 Å². The van der Waals surface area contributed by atoms with Crippen LogP contribution in [0.1, 0.15) is 40.7 Å². The molecule has 0 aliphatic carbocycles. The van der Waals surface area contributed by atoms with Gasteiger partial charge in [-0.3, -0.25) is 15.1 Å². The van der Waals surface area contributed by atoms with E-state index in [9.17, 15) is 23.2 Å². The van der Waals surface area contributed by atoms with Gasteiger partial charge in [-0.1, -0.05) is 30.3 Å². The maximum atomic E-state index is 13.1. The molecule has 0 spiro atoms. The average molecular weight is 497 g/mol. The van der Waals surface area contributed by atoms with Crippen molar-refractivity contribution in [2.24, 2.45) is 10.1 Å². The fourth-order valence-electron chi connectivity index (χ4n) is 4.43. The maximum absolute atomic E-state index is 13.1. The van der Waals surface area contributed by atoms with Crippen molar-refractivity contribution in [1.82, 2.24) is 15.2 Å². The van der Waals surface area contributed by atoms with Gasteiger partial charge in [-0.15, -0.1) is 0 Å². The van der Waals surface area contributed by atoms with Crippen molar-refractivity contribution >= 4 is 17.6 Å². The number of alkyl halides is 3. The van der Waals surface area contributed by atoms with Crippen molar-refractivity contribution < 1.29 is 18.0 Å². The Kier molecular flexibility index (Phi) is 7.29. The number of hydrazone groups is 1. The largest absolute Gasteiger partial charge is 0.416 e. The molecule has 0 saturated carbocycles. The number of nitrogens with one attached hydrogen (secondary N) is 1. The van der Waals surface area contributed by atoms with Crippen molar-refractivity contribution in [3.63, 3.8) is 0 Å². The zero-order chi connectivity index (χ0) is 25.9. The molecule has 1 amide bonds. The van der Waals surface area contributed by atoms with E-state index in [1.54, 1.807) is 4.90 Å². The smallest absolute Gasteiger partial charge is 0.332 e. The first-order valence-electron chi connectivity index (χ1n) is 11.8. The fourth-order valence-corrected chi connectivity index (χ4v) is 4.43. The van der Waals surface area contributed by atoms with Crippen LogP contribution in [0.5, 0.6) is 0 Å². The quantitative estimate of drug-likeness (QED) is 0.294. The lowest BCUT2D eigenvalue weighted by Gasteiger charge is -2.25. The molecule has 1 fully saturated rings. The van der Waals surface area contributed by atoms with Gasteiger partial charge in [-0.05, 0) is 61.1 Å². The van der Waals surface area contributed by atoms with E-state index in [1.165, 1.54) is 28.3 Å². The summed E-state index contributed by atoms with van der Waals surface area (Å²) >= 11 is 0. The van der Waals surface area contributed by atoms with Crippen LogP contribution < -0.4 is 5.32 Å². The number of likely N-dealkylation sites (tertiary alicyclic amines) is 1. The number of carbonyl (C=O) groups excluding carboxylic acids is 1. The van der Waals surface area contributed by atoms with Gasteiger partial charge in [-0.25, -0.2) is 5.01 Å². The molecule has 2 aromatic carbocycles. The SMILES string of the molecule is Cc1ccc(CCN=C(NC#N)N2CC(N3CCCC3=O)C(c3ccc(C(F)(F)F)cc3)=N2)cc1C. The van der Waals surface area contributed by atoms with Gasteiger partial charge < -0.3 is 4.90 Å². The molecule has 1 saturated heterocycles. The first-order valence-corrected chi connectivity index (χ1v) is 11.8. The molecule has 188 valence electrons. The summed E-state index contributed by atoms with van der Waals surface area (Å²) in [6.07, 6.45) is -0.767. The second-order valence-electron chi connectivity index (χ2n) is 8.96. The first-order chi connectivity index (χ1) is 17.2. The number of amides is 1. The highest BCUT2D eigenvalue weighted by Gasteiger charge is 2.39. The highest BCUT2D eigenvalue weighted by Crippen LogP contribution is 2.30. The molecule has 2 aromatic rings. The van der Waals surface area contributed by atoms with E-state index in [0.29, 0.717) is 43.6 Å². The standard InChI is InChI=1S/C26H27F3N6O/c1-17-5-6-19(14-18(17)2)11-12-31-25(32-16-30)35-15-22(34-13-3-4-23(34)36)24(33-35)20-7-9-21(10-8-20)26(27,28)29/h5-10,14,22H,3-4,11-13,15H2,1-2H3,(H,31,32). The van der Waals surface area contributed by atoms with Crippen molar-refractivity contribution in [2.75, 3.05) is 19.6 Å². The van der Waals surface area contributed by atoms with E-state index in [2.05, 4.69) is 27.5 Å². The topological polar surface area (TPSA) is 84.1 Å². The summed E-state index contributed by atoms with van der Waals surface area (Å²) in [5.74, 6) is 0.211. The molecule has 1 N–H and O–H groups in total. The number of aryl methyl sites for hydroxylation is 2. The third-order valence-corrected chi connectivity index (χ3v) is 6.53. The first kappa shape index (κ1) is 25.2. The number of carbonyl (C=O) groups is 1. The van der Waals surface area contributed by atoms with Crippen LogP contribution in [0.25, 0.3) is 0 Å². The van der Waals surface area contributed by atoms with Crippen molar-refractivity contribution in [3.05, 3.63) is 70.3 Å². The van der Waals surface area contributed by atoms with E-state index >= 15 is 0 Å². The Morgan fingerprint density at radius 3 is 2.56 bits per heavy atom. The molecule has 1 unspecified atom stereocenters. The molecule has 4 rings (SSSR count). The molecule has 2 aliphatic heterocycles. The van der Waals surface area contributed by atoms with Crippen LogP contribution in [-0.2, 0) is 17.4 Å². The van der Waals surface area contributed by atoms with Gasteiger partial charge in [0.15, 0.2) is 6.19 Å². The Bertz CT molecular complexity index is 1230. The monoisotopic (exact) mass is 496 g/mol. The Morgan fingerprint density at radius 1 is 1.19 bits per heavy atom. The molecule has 7 nitrogen and oxygen atoms in total. The molecule has 2 heterocycles. The van der Waals surface area contributed by atoms with Crippen LogP contribution in [0.4, 0.5) is 13.2 Å². The number of aliphatic imine (C=N–C) groups is 1. The number of hydrogen-bond acceptors (Lipinski definition) is 4. The van der Waals surface area contributed by atoms with Gasteiger partial charge in [0, 0.05) is 19.5 Å². The van der Waals surface area contributed by atoms with E-state index in [0.717, 1.165) is 17.7 Å². The number of halogens is 3. The predicted molar refractivity (Wildman–Crippen MR) is 130 cm³/mol. The zero-order valence-electron chi connectivity index (χ0n) is 20.1. The summed E-state index contributed by atoms with van der Waals surface area (Å²) in [5, 5.41) is 18.0. The van der Waals surface area contributed by atoms with E-state index in [1.807, 2.05) is 26.1 Å². The minimum Gasteiger partial charge on any atom is -0.332 e. The molecule has 0 radical (unpaired) electrons. The highest BCUT2D eigenvalue weighted by atomic mass is 19.4. The Hall–Kier alpha value is -3.87. The molecule has 1 atom stereocenters. The minimum atomic E-state index is -4.45. The van der Waals surface area contributed by atoms with Gasteiger partial charge in [-0.2, -0.15) is 23.5 Å². The lowest BCUT2D eigenvalue weighted by molar-refractivity contribution is -0.137. The van der Waals surface area contributed by atoms with E-state index in [-0.39, 0.29) is 18.4 Å². The number of benzene rings is 2. The van der Waals surface area contributed by atoms with Crippen LogP contribution in [0, 0.1) is 25.3 Å². The van der Waals surface area contributed by atoms with Gasteiger partial charge >= 0.3 is 6.18 Å². The third kappa shape index (κ3) is 5.51. The van der Waals surface area contributed by atoms with Gasteiger partial charge in [0.1, 0.15) is 0 Å². The van der Waals surface area contributed by atoms with Crippen LogP contribution >= 0.6 is 0 Å². The summed E-state index contributed by atoms with van der Waals surface area (Å²) < 4.78 is 39.2. The molecule has 36 heavy (non-hydrogen) atoms. The lowest BCUT2D eigenvalue weighted by Crippen LogP contribution is -2.45. The van der Waals surface area contributed by atoms with Gasteiger partial charge in [0.2, 0.25) is 11.9 Å². The molecular weight excluding hydrogens is 469 g/mol. The number of hydrogen-bond donors (Lipinski definition) is 1. The predicted octanol–water partition coefficient (Wildman–Crippen LogP) is 4.00. The summed E-state index contributed by atoms with van der Waals surface area (Å²) in [6.45, 7) is 5.29. The zero-order valence-corrected chi connectivity index (χ0v) is 20.1. The Balaban J connectivity index is 1.60. The second kappa shape index (κ2) is 10.4. The number of nitrogens with zero attached hydrogens (tertiary/aromatic N) is 5. The summed E-state index contributed by atoms with van der Waals surface area (Å²) in [7, 11) is 0. The summed E-state index contributed by atoms with van der Waals surface area (Å²) in [6, 6.07) is 10.5. The molecule has 2 aliphatic rings. The minimum absolute atomic E-state index is 0.0251. The number of rotatable bonds is 5. The Labute approximate surface area is 207 Å². The van der Waals surface area contributed by atoms with Crippen molar-refractivity contribution in [1.29, 1.82) is 5.26 Å². The summed E-state index contributed by atoms with van der Waals surface area (Å²) in [4.78, 5) is 18.8. The van der Waals surface area contributed by atoms with Crippen LogP contribution in [0.3, 0.4) is 0 Å². The molecular formula is C26H27F3N6O. The van der Waals surface area contributed by atoms with Crippen molar-refractivity contribution in [2.45, 2.75) is 45.3 Å². The third-order valence-electron chi connectivity index (χ3n) is 6.53.